The SMILES string of the molecule is Cc1cc2c(nc1-c1ccc(Cl)cc1)c(=O)n(C)c(=O)n2C. The van der Waals surface area contributed by atoms with Crippen molar-refractivity contribution in [3.8, 4) is 11.3 Å². The van der Waals surface area contributed by atoms with E-state index in [1.807, 2.05) is 25.1 Å². The van der Waals surface area contributed by atoms with Crippen LogP contribution in [0, 0.1) is 6.92 Å². The third-order valence-electron chi connectivity index (χ3n) is 3.75. The first-order valence-electron chi connectivity index (χ1n) is 6.73. The van der Waals surface area contributed by atoms with Crippen molar-refractivity contribution >= 4 is 22.6 Å². The number of rotatable bonds is 1. The van der Waals surface area contributed by atoms with E-state index in [2.05, 4.69) is 4.98 Å². The molecule has 0 radical (unpaired) electrons. The Morgan fingerprint density at radius 2 is 1.68 bits per heavy atom. The van der Waals surface area contributed by atoms with Crippen molar-refractivity contribution in [2.45, 2.75) is 6.92 Å². The van der Waals surface area contributed by atoms with E-state index < -0.39 is 5.56 Å². The highest BCUT2D eigenvalue weighted by Gasteiger charge is 2.13. The first-order chi connectivity index (χ1) is 10.4. The van der Waals surface area contributed by atoms with E-state index in [1.165, 1.54) is 11.6 Å². The molecule has 22 heavy (non-hydrogen) atoms. The normalized spacial score (nSPS) is 11.1. The van der Waals surface area contributed by atoms with Crippen LogP contribution >= 0.6 is 11.6 Å². The van der Waals surface area contributed by atoms with Crippen LogP contribution < -0.4 is 11.2 Å². The van der Waals surface area contributed by atoms with Gasteiger partial charge in [0.1, 0.15) is 0 Å². The lowest BCUT2D eigenvalue weighted by molar-refractivity contribution is 0.710. The predicted molar refractivity (Wildman–Crippen MR) is 87.4 cm³/mol. The van der Waals surface area contributed by atoms with Gasteiger partial charge in [0.05, 0.1) is 11.2 Å². The van der Waals surface area contributed by atoms with E-state index in [0.29, 0.717) is 16.2 Å². The average molecular weight is 316 g/mol. The summed E-state index contributed by atoms with van der Waals surface area (Å²) in [5, 5.41) is 0.639. The molecular weight excluding hydrogens is 302 g/mol. The van der Waals surface area contributed by atoms with Gasteiger partial charge in [0, 0.05) is 24.7 Å². The zero-order chi connectivity index (χ0) is 16.0. The molecule has 1 aromatic carbocycles. The van der Waals surface area contributed by atoms with Gasteiger partial charge in [-0.05, 0) is 30.7 Å². The fourth-order valence-electron chi connectivity index (χ4n) is 2.49. The van der Waals surface area contributed by atoms with Crippen LogP contribution in [0.15, 0.2) is 39.9 Å². The summed E-state index contributed by atoms with van der Waals surface area (Å²) in [5.41, 5.74) is 2.52. The maximum Gasteiger partial charge on any atom is 0.331 e. The molecule has 0 unspecified atom stereocenters. The quantitative estimate of drug-likeness (QED) is 0.692. The van der Waals surface area contributed by atoms with Gasteiger partial charge in [-0.2, -0.15) is 0 Å². The molecular formula is C16H14ClN3O2. The number of fused-ring (bicyclic) bond motifs is 1. The lowest BCUT2D eigenvalue weighted by atomic mass is 10.1. The first kappa shape index (κ1) is 14.5. The van der Waals surface area contributed by atoms with E-state index >= 15 is 0 Å². The summed E-state index contributed by atoms with van der Waals surface area (Å²) in [6.45, 7) is 1.90. The lowest BCUT2D eigenvalue weighted by Crippen LogP contribution is -2.37. The minimum Gasteiger partial charge on any atom is -0.295 e. The van der Waals surface area contributed by atoms with Gasteiger partial charge < -0.3 is 0 Å². The molecule has 112 valence electrons. The summed E-state index contributed by atoms with van der Waals surface area (Å²) < 4.78 is 2.50. The Kier molecular flexibility index (Phi) is 3.37. The number of nitrogens with zero attached hydrogens (tertiary/aromatic N) is 3. The number of aromatic nitrogens is 3. The standard InChI is InChI=1S/C16H14ClN3O2/c1-9-8-12-14(15(21)20(3)16(22)19(12)2)18-13(9)10-4-6-11(17)7-5-10/h4-8H,1-3H3. The lowest BCUT2D eigenvalue weighted by Gasteiger charge is -2.11. The molecule has 0 fully saturated rings. The molecule has 0 spiro atoms. The molecule has 3 rings (SSSR count). The number of hydrogen-bond donors (Lipinski definition) is 0. The zero-order valence-electron chi connectivity index (χ0n) is 12.4. The van der Waals surface area contributed by atoms with Crippen LogP contribution in [-0.4, -0.2) is 14.1 Å². The van der Waals surface area contributed by atoms with Gasteiger partial charge in [0.2, 0.25) is 0 Å². The molecule has 0 aliphatic carbocycles. The highest BCUT2D eigenvalue weighted by Crippen LogP contribution is 2.24. The number of hydrogen-bond acceptors (Lipinski definition) is 3. The highest BCUT2D eigenvalue weighted by atomic mass is 35.5. The van der Waals surface area contributed by atoms with Crippen LogP contribution in [0.25, 0.3) is 22.3 Å². The smallest absolute Gasteiger partial charge is 0.295 e. The minimum atomic E-state index is -0.395. The number of halogens is 1. The van der Waals surface area contributed by atoms with Gasteiger partial charge in [-0.15, -0.1) is 0 Å². The molecule has 3 aromatic rings. The predicted octanol–water partition coefficient (Wildman–Crippen LogP) is 2.26. The summed E-state index contributed by atoms with van der Waals surface area (Å²) >= 11 is 5.91. The molecule has 0 bridgehead atoms. The number of pyridine rings is 1. The molecule has 0 saturated carbocycles. The fourth-order valence-corrected chi connectivity index (χ4v) is 2.61. The second-order valence-corrected chi connectivity index (χ2v) is 5.67. The largest absolute Gasteiger partial charge is 0.331 e. The molecule has 0 amide bonds. The van der Waals surface area contributed by atoms with Gasteiger partial charge in [-0.1, -0.05) is 23.7 Å². The van der Waals surface area contributed by atoms with Gasteiger partial charge in [0.25, 0.3) is 5.56 Å². The third-order valence-corrected chi connectivity index (χ3v) is 4.01. The highest BCUT2D eigenvalue weighted by molar-refractivity contribution is 6.30. The van der Waals surface area contributed by atoms with Crippen LogP contribution in [0.3, 0.4) is 0 Å². The molecule has 2 heterocycles. The Bertz CT molecular complexity index is 1000. The van der Waals surface area contributed by atoms with Crippen molar-refractivity contribution in [2.24, 2.45) is 14.1 Å². The Balaban J connectivity index is 2.40. The molecule has 5 nitrogen and oxygen atoms in total. The Morgan fingerprint density at radius 3 is 2.32 bits per heavy atom. The van der Waals surface area contributed by atoms with Crippen LogP contribution in [0.4, 0.5) is 0 Å². The molecule has 0 aliphatic heterocycles. The van der Waals surface area contributed by atoms with Crippen LogP contribution in [0.5, 0.6) is 0 Å². The fraction of sp³-hybridized carbons (Fsp3) is 0.188. The maximum absolute atomic E-state index is 12.3. The Labute approximate surface area is 131 Å². The zero-order valence-corrected chi connectivity index (χ0v) is 13.2. The Morgan fingerprint density at radius 1 is 1.05 bits per heavy atom. The third kappa shape index (κ3) is 2.14. The molecule has 0 saturated heterocycles. The topological polar surface area (TPSA) is 56.9 Å². The van der Waals surface area contributed by atoms with Crippen molar-refractivity contribution in [1.82, 2.24) is 14.1 Å². The van der Waals surface area contributed by atoms with Crippen molar-refractivity contribution in [3.05, 3.63) is 61.8 Å². The van der Waals surface area contributed by atoms with E-state index in [9.17, 15) is 9.59 Å². The van der Waals surface area contributed by atoms with E-state index in [4.69, 9.17) is 11.6 Å². The van der Waals surface area contributed by atoms with Gasteiger partial charge in [-0.3, -0.25) is 13.9 Å². The van der Waals surface area contributed by atoms with Gasteiger partial charge in [0.15, 0.2) is 5.52 Å². The Hall–Kier alpha value is -2.40. The average Bonchev–Trinajstić information content (AvgIpc) is 2.51. The second-order valence-electron chi connectivity index (χ2n) is 5.23. The van der Waals surface area contributed by atoms with Crippen LogP contribution in [0.2, 0.25) is 5.02 Å². The van der Waals surface area contributed by atoms with E-state index in [0.717, 1.165) is 15.7 Å². The molecule has 6 heteroatoms. The van der Waals surface area contributed by atoms with Crippen molar-refractivity contribution < 1.29 is 0 Å². The first-order valence-corrected chi connectivity index (χ1v) is 7.11. The number of aryl methyl sites for hydroxylation is 2. The van der Waals surface area contributed by atoms with Crippen molar-refractivity contribution in [2.75, 3.05) is 0 Å². The minimum absolute atomic E-state index is 0.278. The molecule has 0 aliphatic rings. The summed E-state index contributed by atoms with van der Waals surface area (Å²) in [6, 6.07) is 9.09. The summed E-state index contributed by atoms with van der Waals surface area (Å²) in [5.74, 6) is 0. The van der Waals surface area contributed by atoms with Crippen molar-refractivity contribution in [3.63, 3.8) is 0 Å². The monoisotopic (exact) mass is 315 g/mol. The molecule has 0 N–H and O–H groups in total. The summed E-state index contributed by atoms with van der Waals surface area (Å²) in [4.78, 5) is 28.8. The van der Waals surface area contributed by atoms with E-state index in [-0.39, 0.29) is 11.2 Å². The van der Waals surface area contributed by atoms with Gasteiger partial charge in [-0.25, -0.2) is 9.78 Å². The van der Waals surface area contributed by atoms with Crippen LogP contribution in [0.1, 0.15) is 5.56 Å². The summed E-state index contributed by atoms with van der Waals surface area (Å²) in [6.07, 6.45) is 0. The maximum atomic E-state index is 12.3. The molecule has 2 aromatic heterocycles. The van der Waals surface area contributed by atoms with Crippen molar-refractivity contribution in [1.29, 1.82) is 0 Å². The van der Waals surface area contributed by atoms with Crippen LogP contribution in [-0.2, 0) is 14.1 Å². The molecule has 0 atom stereocenters. The van der Waals surface area contributed by atoms with Gasteiger partial charge >= 0.3 is 5.69 Å². The number of benzene rings is 1. The van der Waals surface area contributed by atoms with E-state index in [1.54, 1.807) is 19.2 Å². The second kappa shape index (κ2) is 5.10. The summed E-state index contributed by atoms with van der Waals surface area (Å²) in [7, 11) is 3.08.